The molecular weight excluding hydrogens is 394 g/mol. The summed E-state index contributed by atoms with van der Waals surface area (Å²) in [4.78, 5) is 36.7. The van der Waals surface area contributed by atoms with Gasteiger partial charge in [-0.25, -0.2) is 0 Å². The fraction of sp³-hybridized carbons (Fsp3) is 0.208. The molecule has 0 aliphatic rings. The molecular formula is C24H25N3O4. The lowest BCUT2D eigenvalue weighted by molar-refractivity contribution is 0.0936. The van der Waals surface area contributed by atoms with E-state index in [9.17, 15) is 14.4 Å². The molecule has 1 unspecified atom stereocenters. The van der Waals surface area contributed by atoms with Crippen molar-refractivity contribution in [2.24, 2.45) is 0 Å². The minimum atomic E-state index is -0.362. The van der Waals surface area contributed by atoms with E-state index in [1.807, 2.05) is 19.9 Å². The summed E-state index contributed by atoms with van der Waals surface area (Å²) >= 11 is 0. The average molecular weight is 419 g/mol. The van der Waals surface area contributed by atoms with Crippen molar-refractivity contribution in [1.29, 1.82) is 0 Å². The van der Waals surface area contributed by atoms with Crippen LogP contribution in [0.25, 0.3) is 0 Å². The minimum absolute atomic E-state index is 0.0997. The summed E-state index contributed by atoms with van der Waals surface area (Å²) in [5.41, 5.74) is 2.40. The Morgan fingerprint density at radius 1 is 0.903 bits per heavy atom. The van der Waals surface area contributed by atoms with Crippen LogP contribution in [0.5, 0.6) is 0 Å². The third kappa shape index (κ3) is 6.05. The van der Waals surface area contributed by atoms with Crippen LogP contribution in [0, 0.1) is 0 Å². The highest BCUT2D eigenvalue weighted by Crippen LogP contribution is 2.12. The van der Waals surface area contributed by atoms with Crippen molar-refractivity contribution < 1.29 is 18.8 Å². The fourth-order valence-electron chi connectivity index (χ4n) is 2.82. The van der Waals surface area contributed by atoms with Crippen LogP contribution in [0.15, 0.2) is 71.3 Å². The van der Waals surface area contributed by atoms with Crippen LogP contribution in [0.4, 0.5) is 5.69 Å². The quantitative estimate of drug-likeness (QED) is 0.514. The molecule has 7 heteroatoms. The van der Waals surface area contributed by atoms with Crippen molar-refractivity contribution in [2.75, 3.05) is 5.32 Å². The van der Waals surface area contributed by atoms with Gasteiger partial charge in [-0.1, -0.05) is 19.1 Å². The Morgan fingerprint density at radius 3 is 2.35 bits per heavy atom. The van der Waals surface area contributed by atoms with Gasteiger partial charge < -0.3 is 20.4 Å². The van der Waals surface area contributed by atoms with Crippen LogP contribution in [-0.2, 0) is 6.54 Å². The van der Waals surface area contributed by atoms with Crippen molar-refractivity contribution >= 4 is 23.4 Å². The van der Waals surface area contributed by atoms with E-state index in [0.717, 1.165) is 12.0 Å². The van der Waals surface area contributed by atoms with Gasteiger partial charge in [-0.05, 0) is 67.4 Å². The van der Waals surface area contributed by atoms with Gasteiger partial charge in [-0.2, -0.15) is 0 Å². The molecule has 0 saturated carbocycles. The molecule has 3 aromatic rings. The van der Waals surface area contributed by atoms with E-state index in [1.165, 1.54) is 6.26 Å². The molecule has 1 aromatic heterocycles. The third-order valence-corrected chi connectivity index (χ3v) is 4.78. The smallest absolute Gasteiger partial charge is 0.291 e. The van der Waals surface area contributed by atoms with Crippen molar-refractivity contribution in [3.05, 3.63) is 89.4 Å². The first-order valence-electron chi connectivity index (χ1n) is 10.1. The largest absolute Gasteiger partial charge is 0.459 e. The van der Waals surface area contributed by atoms with E-state index in [-0.39, 0.29) is 29.5 Å². The van der Waals surface area contributed by atoms with Crippen LogP contribution in [0.3, 0.4) is 0 Å². The zero-order chi connectivity index (χ0) is 22.2. The molecule has 1 heterocycles. The first-order valence-corrected chi connectivity index (χ1v) is 10.1. The van der Waals surface area contributed by atoms with Crippen LogP contribution in [0.1, 0.15) is 57.1 Å². The molecule has 3 N–H and O–H groups in total. The average Bonchev–Trinajstić information content (AvgIpc) is 3.33. The first-order chi connectivity index (χ1) is 15.0. The zero-order valence-electron chi connectivity index (χ0n) is 17.5. The third-order valence-electron chi connectivity index (χ3n) is 4.78. The molecule has 7 nitrogen and oxygen atoms in total. The molecule has 2 aromatic carbocycles. The predicted molar refractivity (Wildman–Crippen MR) is 118 cm³/mol. The molecule has 3 rings (SSSR count). The lowest BCUT2D eigenvalue weighted by Gasteiger charge is -2.12. The van der Waals surface area contributed by atoms with E-state index < -0.39 is 0 Å². The molecule has 0 aliphatic heterocycles. The molecule has 160 valence electrons. The van der Waals surface area contributed by atoms with Gasteiger partial charge in [0.15, 0.2) is 5.76 Å². The Bertz CT molecular complexity index is 1040. The second kappa shape index (κ2) is 10.2. The van der Waals surface area contributed by atoms with Gasteiger partial charge in [0.25, 0.3) is 17.7 Å². The Labute approximate surface area is 180 Å². The molecule has 31 heavy (non-hydrogen) atoms. The van der Waals surface area contributed by atoms with Crippen LogP contribution >= 0.6 is 0 Å². The topological polar surface area (TPSA) is 100 Å². The highest BCUT2D eigenvalue weighted by molar-refractivity contribution is 6.02. The summed E-state index contributed by atoms with van der Waals surface area (Å²) < 4.78 is 5.05. The molecule has 0 saturated heterocycles. The SMILES string of the molecule is CCC(C)NC(=O)c1cccc(CNC(=O)c2ccc(NC(=O)c3ccco3)cc2)c1. The van der Waals surface area contributed by atoms with Crippen LogP contribution < -0.4 is 16.0 Å². The molecule has 3 amide bonds. The first kappa shape index (κ1) is 21.8. The Morgan fingerprint density at radius 2 is 1.68 bits per heavy atom. The summed E-state index contributed by atoms with van der Waals surface area (Å²) in [5.74, 6) is -0.533. The molecule has 1 atom stereocenters. The second-order valence-corrected chi connectivity index (χ2v) is 7.17. The van der Waals surface area contributed by atoms with Gasteiger partial charge in [0.1, 0.15) is 0 Å². The van der Waals surface area contributed by atoms with Crippen molar-refractivity contribution in [3.63, 3.8) is 0 Å². The number of nitrogens with one attached hydrogen (secondary N) is 3. The molecule has 0 aliphatic carbocycles. The summed E-state index contributed by atoms with van der Waals surface area (Å²) in [6.07, 6.45) is 2.28. The number of rotatable bonds is 8. The van der Waals surface area contributed by atoms with Gasteiger partial charge in [0, 0.05) is 29.4 Å². The minimum Gasteiger partial charge on any atom is -0.459 e. The molecule has 0 radical (unpaired) electrons. The maximum Gasteiger partial charge on any atom is 0.291 e. The van der Waals surface area contributed by atoms with Gasteiger partial charge in [0.2, 0.25) is 0 Å². The number of furan rings is 1. The highest BCUT2D eigenvalue weighted by Gasteiger charge is 2.11. The van der Waals surface area contributed by atoms with Crippen molar-refractivity contribution in [2.45, 2.75) is 32.9 Å². The maximum atomic E-state index is 12.4. The highest BCUT2D eigenvalue weighted by atomic mass is 16.3. The standard InChI is InChI=1S/C24H25N3O4/c1-3-16(2)26-23(29)19-7-4-6-17(14-19)15-25-22(28)18-9-11-20(12-10-18)27-24(30)21-8-5-13-31-21/h4-14,16H,3,15H2,1-2H3,(H,25,28)(H,26,29)(H,27,30). The molecule has 0 fully saturated rings. The number of benzene rings is 2. The van der Waals surface area contributed by atoms with Gasteiger partial charge in [-0.3, -0.25) is 14.4 Å². The number of anilines is 1. The lowest BCUT2D eigenvalue weighted by Crippen LogP contribution is -2.32. The molecule has 0 bridgehead atoms. The van der Waals surface area contributed by atoms with Crippen molar-refractivity contribution in [1.82, 2.24) is 10.6 Å². The summed E-state index contributed by atoms with van der Waals surface area (Å²) in [6.45, 7) is 4.26. The number of hydrogen-bond acceptors (Lipinski definition) is 4. The van der Waals surface area contributed by atoms with Crippen molar-refractivity contribution in [3.8, 4) is 0 Å². The lowest BCUT2D eigenvalue weighted by atomic mass is 10.1. The van der Waals surface area contributed by atoms with E-state index in [4.69, 9.17) is 4.42 Å². The number of amides is 3. The Kier molecular flexibility index (Phi) is 7.22. The Balaban J connectivity index is 1.55. The van der Waals surface area contributed by atoms with Gasteiger partial charge >= 0.3 is 0 Å². The van der Waals surface area contributed by atoms with Crippen LogP contribution in [0.2, 0.25) is 0 Å². The zero-order valence-corrected chi connectivity index (χ0v) is 17.5. The fourth-order valence-corrected chi connectivity index (χ4v) is 2.82. The normalized spacial score (nSPS) is 11.4. The Hall–Kier alpha value is -3.87. The van der Waals surface area contributed by atoms with E-state index in [0.29, 0.717) is 23.4 Å². The predicted octanol–water partition coefficient (Wildman–Crippen LogP) is 3.99. The maximum absolute atomic E-state index is 12.4. The summed E-state index contributed by atoms with van der Waals surface area (Å²) in [6, 6.07) is 17.0. The van der Waals surface area contributed by atoms with Gasteiger partial charge in [-0.15, -0.1) is 0 Å². The summed E-state index contributed by atoms with van der Waals surface area (Å²) in [7, 11) is 0. The number of carbonyl (C=O) groups is 3. The van der Waals surface area contributed by atoms with E-state index in [2.05, 4.69) is 16.0 Å². The van der Waals surface area contributed by atoms with Crippen LogP contribution in [-0.4, -0.2) is 23.8 Å². The number of carbonyl (C=O) groups excluding carboxylic acids is 3. The monoisotopic (exact) mass is 419 g/mol. The number of hydrogen-bond donors (Lipinski definition) is 3. The van der Waals surface area contributed by atoms with Gasteiger partial charge in [0.05, 0.1) is 6.26 Å². The van der Waals surface area contributed by atoms with E-state index in [1.54, 1.807) is 54.6 Å². The van der Waals surface area contributed by atoms with E-state index >= 15 is 0 Å². The summed E-state index contributed by atoms with van der Waals surface area (Å²) in [5, 5.41) is 8.47. The second-order valence-electron chi connectivity index (χ2n) is 7.17. The molecule has 0 spiro atoms.